The molecule has 0 radical (unpaired) electrons. The first-order valence-electron chi connectivity index (χ1n) is 7.96. The zero-order valence-electron chi connectivity index (χ0n) is 13.9. The van der Waals surface area contributed by atoms with Crippen molar-refractivity contribution in [2.24, 2.45) is 0 Å². The van der Waals surface area contributed by atoms with Crippen LogP contribution in [0.15, 0.2) is 72.8 Å². The van der Waals surface area contributed by atoms with E-state index in [4.69, 9.17) is 0 Å². The number of hydrogen-bond acceptors (Lipinski definition) is 1. The molecule has 23 heavy (non-hydrogen) atoms. The zero-order valence-corrected chi connectivity index (χ0v) is 13.9. The predicted octanol–water partition coefficient (Wildman–Crippen LogP) is 6.02. The number of benzene rings is 3. The fraction of sp³-hybridized carbons (Fsp3) is 0.182. The van der Waals surface area contributed by atoms with Gasteiger partial charge < -0.3 is 5.11 Å². The number of phenols is 1. The third-order valence-electron chi connectivity index (χ3n) is 4.15. The summed E-state index contributed by atoms with van der Waals surface area (Å²) in [5.74, 6) is 0.343. The molecule has 0 heterocycles. The Hall–Kier alpha value is -2.54. The molecule has 0 amide bonds. The second kappa shape index (κ2) is 5.92. The van der Waals surface area contributed by atoms with Crippen LogP contribution >= 0.6 is 0 Å². The first kappa shape index (κ1) is 15.4. The minimum absolute atomic E-state index is 0.0196. The minimum atomic E-state index is 0.0196. The van der Waals surface area contributed by atoms with Gasteiger partial charge in [0.2, 0.25) is 0 Å². The van der Waals surface area contributed by atoms with Gasteiger partial charge in [0.1, 0.15) is 5.75 Å². The van der Waals surface area contributed by atoms with Crippen molar-refractivity contribution < 1.29 is 5.11 Å². The number of para-hydroxylation sites is 1. The van der Waals surface area contributed by atoms with E-state index in [1.807, 2.05) is 54.6 Å². The van der Waals surface area contributed by atoms with E-state index in [0.717, 1.165) is 22.3 Å². The van der Waals surface area contributed by atoms with Crippen molar-refractivity contribution in [1.29, 1.82) is 0 Å². The SMILES string of the molecule is CC(C)(C)c1ccccc1-c1cccc(-c2ccccc2)c1O. The molecule has 3 aromatic carbocycles. The Morgan fingerprint density at radius 3 is 1.87 bits per heavy atom. The van der Waals surface area contributed by atoms with E-state index in [1.165, 1.54) is 5.56 Å². The highest BCUT2D eigenvalue weighted by atomic mass is 16.3. The normalized spacial score (nSPS) is 11.4. The molecule has 0 aliphatic heterocycles. The molecule has 0 aromatic heterocycles. The molecule has 0 unspecified atom stereocenters. The maximum atomic E-state index is 10.9. The molecule has 116 valence electrons. The Bertz CT molecular complexity index is 811. The monoisotopic (exact) mass is 302 g/mol. The van der Waals surface area contributed by atoms with Crippen LogP contribution in [-0.4, -0.2) is 5.11 Å². The summed E-state index contributed by atoms with van der Waals surface area (Å²) in [6.45, 7) is 6.60. The van der Waals surface area contributed by atoms with Crippen LogP contribution in [0.2, 0.25) is 0 Å². The fourth-order valence-corrected chi connectivity index (χ4v) is 2.98. The first-order chi connectivity index (χ1) is 11.0. The molecule has 1 heteroatoms. The summed E-state index contributed by atoms with van der Waals surface area (Å²) in [5.41, 5.74) is 5.13. The Morgan fingerprint density at radius 2 is 1.17 bits per heavy atom. The van der Waals surface area contributed by atoms with Crippen molar-refractivity contribution in [2.75, 3.05) is 0 Å². The van der Waals surface area contributed by atoms with Gasteiger partial charge in [-0.1, -0.05) is 93.6 Å². The van der Waals surface area contributed by atoms with Crippen LogP contribution in [0.25, 0.3) is 22.3 Å². The van der Waals surface area contributed by atoms with Gasteiger partial charge in [0.05, 0.1) is 0 Å². The van der Waals surface area contributed by atoms with Gasteiger partial charge in [0.15, 0.2) is 0 Å². The van der Waals surface area contributed by atoms with Crippen molar-refractivity contribution in [2.45, 2.75) is 26.2 Å². The lowest BCUT2D eigenvalue weighted by atomic mass is 9.81. The second-order valence-electron chi connectivity index (χ2n) is 6.86. The molecule has 0 spiro atoms. The van der Waals surface area contributed by atoms with E-state index in [1.54, 1.807) is 0 Å². The lowest BCUT2D eigenvalue weighted by molar-refractivity contribution is 0.479. The molecule has 0 aliphatic rings. The molecule has 0 atom stereocenters. The minimum Gasteiger partial charge on any atom is -0.507 e. The van der Waals surface area contributed by atoms with Crippen molar-refractivity contribution in [1.82, 2.24) is 0 Å². The molecule has 0 saturated heterocycles. The van der Waals surface area contributed by atoms with Crippen molar-refractivity contribution in [3.8, 4) is 28.0 Å². The Kier molecular flexibility index (Phi) is 3.96. The predicted molar refractivity (Wildman–Crippen MR) is 97.7 cm³/mol. The van der Waals surface area contributed by atoms with E-state index in [9.17, 15) is 5.11 Å². The number of hydrogen-bond donors (Lipinski definition) is 1. The summed E-state index contributed by atoms with van der Waals surface area (Å²) in [6.07, 6.45) is 0. The molecule has 3 rings (SSSR count). The average Bonchev–Trinajstić information content (AvgIpc) is 2.55. The van der Waals surface area contributed by atoms with Gasteiger partial charge in [-0.3, -0.25) is 0 Å². The van der Waals surface area contributed by atoms with Crippen LogP contribution < -0.4 is 0 Å². The van der Waals surface area contributed by atoms with Gasteiger partial charge >= 0.3 is 0 Å². The maximum Gasteiger partial charge on any atom is 0.131 e. The zero-order chi connectivity index (χ0) is 16.4. The van der Waals surface area contributed by atoms with E-state index in [0.29, 0.717) is 5.75 Å². The summed E-state index contributed by atoms with van der Waals surface area (Å²) >= 11 is 0. The summed E-state index contributed by atoms with van der Waals surface area (Å²) in [6, 6.07) is 24.3. The Morgan fingerprint density at radius 1 is 0.609 bits per heavy atom. The largest absolute Gasteiger partial charge is 0.507 e. The van der Waals surface area contributed by atoms with Crippen LogP contribution in [-0.2, 0) is 5.41 Å². The lowest BCUT2D eigenvalue weighted by Crippen LogP contribution is -2.12. The molecule has 1 N–H and O–H groups in total. The van der Waals surface area contributed by atoms with Crippen molar-refractivity contribution >= 4 is 0 Å². The number of phenolic OH excluding ortho intramolecular Hbond substituents is 1. The topological polar surface area (TPSA) is 20.2 Å². The maximum absolute atomic E-state index is 10.9. The van der Waals surface area contributed by atoms with Crippen LogP contribution in [0.3, 0.4) is 0 Å². The molecular formula is C22H22O. The lowest BCUT2D eigenvalue weighted by Gasteiger charge is -2.23. The van der Waals surface area contributed by atoms with Crippen LogP contribution in [0.4, 0.5) is 0 Å². The van der Waals surface area contributed by atoms with Gasteiger partial charge in [-0.25, -0.2) is 0 Å². The third-order valence-corrected chi connectivity index (χ3v) is 4.15. The standard InChI is InChI=1S/C22H22O/c1-22(2,3)20-15-8-7-12-18(20)19-14-9-13-17(21(19)23)16-10-5-4-6-11-16/h4-15,23H,1-3H3. The van der Waals surface area contributed by atoms with E-state index >= 15 is 0 Å². The van der Waals surface area contributed by atoms with E-state index in [-0.39, 0.29) is 5.41 Å². The van der Waals surface area contributed by atoms with Gasteiger partial charge in [0, 0.05) is 11.1 Å². The first-order valence-corrected chi connectivity index (χ1v) is 7.96. The Labute approximate surface area is 138 Å². The molecule has 3 aromatic rings. The fourth-order valence-electron chi connectivity index (χ4n) is 2.98. The van der Waals surface area contributed by atoms with Crippen LogP contribution in [0.5, 0.6) is 5.75 Å². The Balaban J connectivity index is 2.20. The highest BCUT2D eigenvalue weighted by Gasteiger charge is 2.20. The quantitative estimate of drug-likeness (QED) is 0.613. The molecule has 0 aliphatic carbocycles. The van der Waals surface area contributed by atoms with Gasteiger partial charge in [-0.2, -0.15) is 0 Å². The summed E-state index contributed by atoms with van der Waals surface area (Å²) in [5, 5.41) is 10.9. The van der Waals surface area contributed by atoms with Crippen molar-refractivity contribution in [3.05, 3.63) is 78.4 Å². The van der Waals surface area contributed by atoms with Crippen molar-refractivity contribution in [3.63, 3.8) is 0 Å². The molecule has 0 saturated carbocycles. The van der Waals surface area contributed by atoms with E-state index in [2.05, 4.69) is 39.0 Å². The van der Waals surface area contributed by atoms with E-state index < -0.39 is 0 Å². The summed E-state index contributed by atoms with van der Waals surface area (Å²) in [7, 11) is 0. The van der Waals surface area contributed by atoms with Gasteiger partial charge in [0.25, 0.3) is 0 Å². The van der Waals surface area contributed by atoms with Crippen LogP contribution in [0.1, 0.15) is 26.3 Å². The molecular weight excluding hydrogens is 280 g/mol. The van der Waals surface area contributed by atoms with Crippen LogP contribution in [0, 0.1) is 0 Å². The second-order valence-corrected chi connectivity index (χ2v) is 6.86. The highest BCUT2D eigenvalue weighted by Crippen LogP contribution is 2.41. The number of rotatable bonds is 2. The smallest absolute Gasteiger partial charge is 0.131 e. The number of aromatic hydroxyl groups is 1. The van der Waals surface area contributed by atoms with Gasteiger partial charge in [-0.05, 0) is 22.1 Å². The summed E-state index contributed by atoms with van der Waals surface area (Å²) in [4.78, 5) is 0. The molecule has 0 fully saturated rings. The summed E-state index contributed by atoms with van der Waals surface area (Å²) < 4.78 is 0. The van der Waals surface area contributed by atoms with Gasteiger partial charge in [-0.15, -0.1) is 0 Å². The molecule has 1 nitrogen and oxygen atoms in total. The third kappa shape index (κ3) is 3.00. The molecule has 0 bridgehead atoms. The average molecular weight is 302 g/mol. The highest BCUT2D eigenvalue weighted by molar-refractivity contribution is 5.83.